The van der Waals surface area contributed by atoms with Gasteiger partial charge in [-0.05, 0) is 24.1 Å². The second-order valence-corrected chi connectivity index (χ2v) is 7.12. The summed E-state index contributed by atoms with van der Waals surface area (Å²) in [6.07, 6.45) is 0. The van der Waals surface area contributed by atoms with Crippen LogP contribution in [0.1, 0.15) is 36.9 Å². The lowest BCUT2D eigenvalue weighted by Crippen LogP contribution is -2.38. The molecule has 0 radical (unpaired) electrons. The Hall–Kier alpha value is -1.44. The number of nitrogens with two attached hydrogens (primary N) is 1. The zero-order chi connectivity index (χ0) is 16.0. The number of hydrogen-bond donors (Lipinski definition) is 3. The first-order valence-electron chi connectivity index (χ1n) is 6.78. The molecule has 7 heteroatoms. The van der Waals surface area contributed by atoms with Gasteiger partial charge in [0.15, 0.2) is 0 Å². The van der Waals surface area contributed by atoms with Crippen molar-refractivity contribution in [3.05, 3.63) is 35.4 Å². The number of rotatable bonds is 7. The Morgan fingerprint density at radius 3 is 2.19 bits per heavy atom. The third-order valence-corrected chi connectivity index (χ3v) is 4.45. The van der Waals surface area contributed by atoms with E-state index in [2.05, 4.69) is 23.9 Å². The molecule has 1 amide bonds. The monoisotopic (exact) mass is 313 g/mol. The highest BCUT2D eigenvalue weighted by molar-refractivity contribution is 7.90. The molecule has 4 N–H and O–H groups in total. The molecule has 0 heterocycles. The van der Waals surface area contributed by atoms with Crippen LogP contribution in [-0.2, 0) is 14.8 Å². The van der Waals surface area contributed by atoms with Crippen LogP contribution in [0.2, 0.25) is 0 Å². The topological polar surface area (TPSA) is 101 Å². The van der Waals surface area contributed by atoms with E-state index in [9.17, 15) is 13.2 Å². The Labute approximate surface area is 126 Å². The summed E-state index contributed by atoms with van der Waals surface area (Å²) in [5, 5.41) is 2.53. The van der Waals surface area contributed by atoms with Crippen LogP contribution in [0.4, 0.5) is 0 Å². The summed E-state index contributed by atoms with van der Waals surface area (Å²) in [7, 11) is -2.28. The van der Waals surface area contributed by atoms with E-state index < -0.39 is 21.7 Å². The predicted octanol–water partition coefficient (Wildman–Crippen LogP) is 0.475. The van der Waals surface area contributed by atoms with Crippen LogP contribution in [0.3, 0.4) is 0 Å². The van der Waals surface area contributed by atoms with Crippen LogP contribution in [0.5, 0.6) is 0 Å². The van der Waals surface area contributed by atoms with Gasteiger partial charge in [0, 0.05) is 12.6 Å². The Morgan fingerprint density at radius 1 is 1.19 bits per heavy atom. The molecule has 1 unspecified atom stereocenters. The van der Waals surface area contributed by atoms with Crippen molar-refractivity contribution >= 4 is 15.9 Å². The minimum atomic E-state index is -3.55. The predicted molar refractivity (Wildman–Crippen MR) is 83.3 cm³/mol. The zero-order valence-corrected chi connectivity index (χ0v) is 13.4. The van der Waals surface area contributed by atoms with Crippen molar-refractivity contribution in [1.82, 2.24) is 10.0 Å². The van der Waals surface area contributed by atoms with E-state index in [4.69, 9.17) is 5.73 Å². The van der Waals surface area contributed by atoms with E-state index in [0.29, 0.717) is 5.92 Å². The van der Waals surface area contributed by atoms with Crippen LogP contribution in [0.25, 0.3) is 0 Å². The van der Waals surface area contributed by atoms with E-state index in [-0.39, 0.29) is 12.6 Å². The van der Waals surface area contributed by atoms with Crippen LogP contribution in [0, 0.1) is 0 Å². The molecule has 0 saturated carbocycles. The smallest absolute Gasteiger partial charge is 0.236 e. The first-order chi connectivity index (χ1) is 9.75. The first-order valence-corrected chi connectivity index (χ1v) is 8.43. The van der Waals surface area contributed by atoms with Crippen molar-refractivity contribution in [3.63, 3.8) is 0 Å². The number of sulfonamides is 1. The number of carbonyl (C=O) groups is 1. The van der Waals surface area contributed by atoms with Gasteiger partial charge >= 0.3 is 0 Å². The molecule has 21 heavy (non-hydrogen) atoms. The van der Waals surface area contributed by atoms with Gasteiger partial charge in [-0.3, -0.25) is 4.79 Å². The molecule has 0 aromatic heterocycles. The van der Waals surface area contributed by atoms with Crippen molar-refractivity contribution in [2.24, 2.45) is 5.73 Å². The van der Waals surface area contributed by atoms with Gasteiger partial charge in [-0.25, -0.2) is 13.1 Å². The number of amides is 1. The lowest BCUT2D eigenvalue weighted by Gasteiger charge is -2.14. The summed E-state index contributed by atoms with van der Waals surface area (Å²) in [5.41, 5.74) is 8.10. The van der Waals surface area contributed by atoms with E-state index in [1.165, 1.54) is 12.6 Å². The van der Waals surface area contributed by atoms with Crippen molar-refractivity contribution in [2.45, 2.75) is 25.8 Å². The van der Waals surface area contributed by atoms with E-state index in [1.807, 2.05) is 24.3 Å². The molecule has 1 atom stereocenters. The van der Waals surface area contributed by atoms with Gasteiger partial charge in [0.1, 0.15) is 5.75 Å². The van der Waals surface area contributed by atoms with Crippen molar-refractivity contribution in [1.29, 1.82) is 0 Å². The molecule has 0 fully saturated rings. The molecule has 0 saturated heterocycles. The minimum absolute atomic E-state index is 0.194. The average molecular weight is 313 g/mol. The number of hydrogen-bond acceptors (Lipinski definition) is 4. The zero-order valence-electron chi connectivity index (χ0n) is 12.6. The van der Waals surface area contributed by atoms with Gasteiger partial charge in [-0.2, -0.15) is 0 Å². The molecule has 118 valence electrons. The van der Waals surface area contributed by atoms with Crippen LogP contribution < -0.4 is 15.8 Å². The SMILES string of the molecule is CNS(=O)(=O)CC(=O)NCC(N)c1ccc(C(C)C)cc1. The van der Waals surface area contributed by atoms with E-state index in [1.54, 1.807) is 0 Å². The number of carbonyl (C=O) groups excluding carboxylic acids is 1. The highest BCUT2D eigenvalue weighted by atomic mass is 32.2. The Balaban J connectivity index is 2.54. The molecule has 0 aliphatic heterocycles. The van der Waals surface area contributed by atoms with Gasteiger partial charge in [-0.15, -0.1) is 0 Å². The van der Waals surface area contributed by atoms with Crippen molar-refractivity contribution < 1.29 is 13.2 Å². The minimum Gasteiger partial charge on any atom is -0.353 e. The quantitative estimate of drug-likeness (QED) is 0.681. The average Bonchev–Trinajstić information content (AvgIpc) is 2.44. The summed E-state index contributed by atoms with van der Waals surface area (Å²) in [5.74, 6) is -0.719. The Bertz CT molecular complexity index is 568. The van der Waals surface area contributed by atoms with Crippen molar-refractivity contribution in [3.8, 4) is 0 Å². The normalized spacial score (nSPS) is 13.2. The summed E-state index contributed by atoms with van der Waals surface area (Å²) in [6, 6.07) is 7.50. The fraction of sp³-hybridized carbons (Fsp3) is 0.500. The van der Waals surface area contributed by atoms with Crippen molar-refractivity contribution in [2.75, 3.05) is 19.3 Å². The summed E-state index contributed by atoms with van der Waals surface area (Å²) < 4.78 is 24.5. The van der Waals surface area contributed by atoms with Gasteiger partial charge in [0.05, 0.1) is 0 Å². The number of benzene rings is 1. The molecular formula is C14H23N3O3S. The lowest BCUT2D eigenvalue weighted by molar-refractivity contribution is -0.118. The largest absolute Gasteiger partial charge is 0.353 e. The molecule has 0 spiro atoms. The first kappa shape index (κ1) is 17.6. The van der Waals surface area contributed by atoms with Gasteiger partial charge < -0.3 is 11.1 Å². The summed E-state index contributed by atoms with van der Waals surface area (Å²) >= 11 is 0. The molecule has 0 aliphatic rings. The molecule has 0 bridgehead atoms. The maximum absolute atomic E-state index is 11.5. The molecule has 1 aromatic carbocycles. The molecular weight excluding hydrogens is 290 g/mol. The summed E-state index contributed by atoms with van der Waals surface area (Å²) in [4.78, 5) is 11.5. The Kier molecular flexibility index (Phi) is 6.32. The highest BCUT2D eigenvalue weighted by Gasteiger charge is 2.15. The van der Waals surface area contributed by atoms with Gasteiger partial charge in [0.25, 0.3) is 0 Å². The molecule has 6 nitrogen and oxygen atoms in total. The van der Waals surface area contributed by atoms with Gasteiger partial charge in [0.2, 0.25) is 15.9 Å². The van der Waals surface area contributed by atoms with Crippen LogP contribution >= 0.6 is 0 Å². The highest BCUT2D eigenvalue weighted by Crippen LogP contribution is 2.17. The van der Waals surface area contributed by atoms with E-state index in [0.717, 1.165) is 5.56 Å². The second kappa shape index (κ2) is 7.53. The third kappa shape index (κ3) is 5.82. The van der Waals surface area contributed by atoms with Crippen LogP contribution in [0.15, 0.2) is 24.3 Å². The standard InChI is InChI=1S/C14H23N3O3S/c1-10(2)11-4-6-12(7-5-11)13(15)8-17-14(18)9-21(19,20)16-3/h4-7,10,13,16H,8-9,15H2,1-3H3,(H,17,18). The lowest BCUT2D eigenvalue weighted by atomic mass is 9.99. The van der Waals surface area contributed by atoms with Crippen LogP contribution in [-0.4, -0.2) is 33.7 Å². The molecule has 0 aliphatic carbocycles. The maximum atomic E-state index is 11.5. The molecule has 1 rings (SSSR count). The fourth-order valence-electron chi connectivity index (χ4n) is 1.77. The third-order valence-electron chi connectivity index (χ3n) is 3.18. The number of nitrogens with one attached hydrogen (secondary N) is 2. The fourth-order valence-corrected chi connectivity index (χ4v) is 2.36. The Morgan fingerprint density at radius 2 is 1.71 bits per heavy atom. The summed E-state index contributed by atoms with van der Waals surface area (Å²) in [6.45, 7) is 4.41. The maximum Gasteiger partial charge on any atom is 0.236 e. The second-order valence-electron chi connectivity index (χ2n) is 5.20. The molecule has 1 aromatic rings. The van der Waals surface area contributed by atoms with E-state index >= 15 is 0 Å². The van der Waals surface area contributed by atoms with Gasteiger partial charge in [-0.1, -0.05) is 38.1 Å².